The average molecular weight is 414 g/mol. The second kappa shape index (κ2) is 8.38. The molecule has 30 heavy (non-hydrogen) atoms. The van der Waals surface area contributed by atoms with Crippen LogP contribution in [0.15, 0.2) is 24.3 Å². The summed E-state index contributed by atoms with van der Waals surface area (Å²) in [6.45, 7) is 7.35. The normalized spacial score (nSPS) is 19.4. The highest BCUT2D eigenvalue weighted by atomic mass is 16.2. The quantitative estimate of drug-likeness (QED) is 0.494. The van der Waals surface area contributed by atoms with E-state index < -0.39 is 29.4 Å². The topological polar surface area (TPSA) is 129 Å². The third-order valence-electron chi connectivity index (χ3n) is 5.65. The molecule has 3 rings (SSSR count). The summed E-state index contributed by atoms with van der Waals surface area (Å²) in [5.74, 6) is -1.15. The Morgan fingerprint density at radius 2 is 1.80 bits per heavy atom. The third kappa shape index (κ3) is 4.27. The van der Waals surface area contributed by atoms with Crippen molar-refractivity contribution in [2.45, 2.75) is 64.6 Å². The Hall–Kier alpha value is -3.03. The fourth-order valence-corrected chi connectivity index (χ4v) is 4.12. The fourth-order valence-electron chi connectivity index (χ4n) is 4.12. The van der Waals surface area contributed by atoms with Crippen LogP contribution in [0.1, 0.15) is 45.4 Å². The number of nitrogens with one attached hydrogen (secondary N) is 4. The minimum atomic E-state index is -1.18. The summed E-state index contributed by atoms with van der Waals surface area (Å²) in [6.07, 6.45) is 1.34. The number of para-hydroxylation sites is 1. The molecule has 0 unspecified atom stereocenters. The molecular weight excluding hydrogens is 382 g/mol. The summed E-state index contributed by atoms with van der Waals surface area (Å²) in [4.78, 5) is 41.3. The van der Waals surface area contributed by atoms with Crippen LogP contribution in [0.25, 0.3) is 10.9 Å². The van der Waals surface area contributed by atoms with E-state index in [0.29, 0.717) is 19.3 Å². The highest BCUT2D eigenvalue weighted by Crippen LogP contribution is 2.34. The number of aromatic nitrogens is 1. The van der Waals surface area contributed by atoms with Gasteiger partial charge in [-0.3, -0.25) is 9.59 Å². The summed E-state index contributed by atoms with van der Waals surface area (Å²) in [5.41, 5.74) is 7.40. The highest BCUT2D eigenvalue weighted by molar-refractivity contribution is 5.96. The van der Waals surface area contributed by atoms with Gasteiger partial charge in [-0.2, -0.15) is 0 Å². The standard InChI is InChI=1S/C22H31N5O3/c1-12(2)18(19(23)28)26-20(29)22(27-21(30)24-13(3)4)10-9-17-15(11-22)14-7-5-6-8-16(14)25-17/h5-8,12-13,18,25H,9-11H2,1-4H3,(H2,23,28)(H,26,29)(H2,24,27,30)/t18-,22+/m0/s1. The maximum atomic E-state index is 13.5. The number of amides is 4. The highest BCUT2D eigenvalue weighted by Gasteiger charge is 2.45. The zero-order valence-corrected chi connectivity index (χ0v) is 18.0. The molecule has 0 aliphatic heterocycles. The molecule has 1 heterocycles. The zero-order valence-electron chi connectivity index (χ0n) is 18.0. The van der Waals surface area contributed by atoms with E-state index in [4.69, 9.17) is 5.73 Å². The van der Waals surface area contributed by atoms with Gasteiger partial charge < -0.3 is 26.7 Å². The number of aromatic amines is 1. The van der Waals surface area contributed by atoms with Crippen LogP contribution in [0.2, 0.25) is 0 Å². The van der Waals surface area contributed by atoms with Gasteiger partial charge in [-0.1, -0.05) is 32.0 Å². The Morgan fingerprint density at radius 3 is 2.43 bits per heavy atom. The molecule has 0 saturated heterocycles. The molecule has 1 aliphatic carbocycles. The number of carbonyl (C=O) groups excluding carboxylic acids is 3. The summed E-state index contributed by atoms with van der Waals surface area (Å²) < 4.78 is 0. The second-order valence-corrected chi connectivity index (χ2v) is 8.74. The Labute approximate surface area is 176 Å². The van der Waals surface area contributed by atoms with Crippen LogP contribution in [0.4, 0.5) is 4.79 Å². The molecule has 2 atom stereocenters. The van der Waals surface area contributed by atoms with Gasteiger partial charge in [0.2, 0.25) is 11.8 Å². The van der Waals surface area contributed by atoms with Crippen LogP contribution in [0.3, 0.4) is 0 Å². The summed E-state index contributed by atoms with van der Waals surface area (Å²) in [5, 5.41) is 9.53. The van der Waals surface area contributed by atoms with Gasteiger partial charge in [-0.05, 0) is 44.2 Å². The SMILES string of the molecule is CC(C)NC(=O)N[C@]1(C(=O)N[C@H](C(N)=O)C(C)C)CCc2[nH]c3ccccc3c2C1. The third-order valence-corrected chi connectivity index (χ3v) is 5.65. The van der Waals surface area contributed by atoms with Gasteiger partial charge in [0, 0.05) is 29.1 Å². The molecule has 8 heteroatoms. The molecule has 1 aromatic carbocycles. The van der Waals surface area contributed by atoms with E-state index in [1.165, 1.54) is 0 Å². The molecule has 0 bridgehead atoms. The summed E-state index contributed by atoms with van der Waals surface area (Å²) >= 11 is 0. The van der Waals surface area contributed by atoms with Crippen LogP contribution in [-0.2, 0) is 22.4 Å². The predicted molar refractivity (Wildman–Crippen MR) is 116 cm³/mol. The lowest BCUT2D eigenvalue weighted by Gasteiger charge is -2.38. The van der Waals surface area contributed by atoms with E-state index in [1.54, 1.807) is 0 Å². The van der Waals surface area contributed by atoms with Crippen molar-refractivity contribution in [1.29, 1.82) is 0 Å². The van der Waals surface area contributed by atoms with Crippen molar-refractivity contribution in [3.63, 3.8) is 0 Å². The molecule has 1 aliphatic rings. The van der Waals surface area contributed by atoms with Crippen LogP contribution < -0.4 is 21.7 Å². The summed E-state index contributed by atoms with van der Waals surface area (Å²) in [6, 6.07) is 6.61. The van der Waals surface area contributed by atoms with Gasteiger partial charge in [0.05, 0.1) is 0 Å². The molecule has 4 amide bonds. The number of rotatable bonds is 6. The molecule has 8 nitrogen and oxygen atoms in total. The smallest absolute Gasteiger partial charge is 0.315 e. The first-order valence-electron chi connectivity index (χ1n) is 10.4. The van der Waals surface area contributed by atoms with Crippen molar-refractivity contribution in [2.75, 3.05) is 0 Å². The number of nitrogens with two attached hydrogens (primary N) is 1. The maximum absolute atomic E-state index is 13.5. The van der Waals surface area contributed by atoms with E-state index >= 15 is 0 Å². The van der Waals surface area contributed by atoms with Crippen molar-refractivity contribution in [3.05, 3.63) is 35.5 Å². The largest absolute Gasteiger partial charge is 0.368 e. The Balaban J connectivity index is 1.97. The molecule has 0 radical (unpaired) electrons. The number of aryl methyl sites for hydroxylation is 1. The number of urea groups is 1. The molecule has 1 aromatic heterocycles. The lowest BCUT2D eigenvalue weighted by molar-refractivity contribution is -0.132. The van der Waals surface area contributed by atoms with E-state index in [0.717, 1.165) is 22.2 Å². The number of primary amides is 1. The van der Waals surface area contributed by atoms with E-state index in [9.17, 15) is 14.4 Å². The molecule has 2 aromatic rings. The Kier molecular flexibility index (Phi) is 6.05. The average Bonchev–Trinajstić information content (AvgIpc) is 3.02. The zero-order chi connectivity index (χ0) is 22.1. The van der Waals surface area contributed by atoms with Crippen LogP contribution in [0, 0.1) is 5.92 Å². The predicted octanol–water partition coefficient (Wildman–Crippen LogP) is 1.73. The van der Waals surface area contributed by atoms with Crippen molar-refractivity contribution in [1.82, 2.24) is 20.9 Å². The minimum absolute atomic E-state index is 0.0774. The first kappa shape index (κ1) is 21.7. The molecule has 0 spiro atoms. The van der Waals surface area contributed by atoms with Crippen molar-refractivity contribution >= 4 is 28.7 Å². The lowest BCUT2D eigenvalue weighted by atomic mass is 9.78. The van der Waals surface area contributed by atoms with Crippen molar-refractivity contribution in [2.24, 2.45) is 11.7 Å². The molecule has 0 saturated carbocycles. The van der Waals surface area contributed by atoms with E-state index in [2.05, 4.69) is 20.9 Å². The Bertz CT molecular complexity index is 965. The van der Waals surface area contributed by atoms with Crippen LogP contribution >= 0.6 is 0 Å². The van der Waals surface area contributed by atoms with Gasteiger partial charge in [0.1, 0.15) is 11.6 Å². The first-order chi connectivity index (χ1) is 14.1. The number of carbonyl (C=O) groups is 3. The number of hydrogen-bond donors (Lipinski definition) is 5. The van der Waals surface area contributed by atoms with Gasteiger partial charge >= 0.3 is 6.03 Å². The number of fused-ring (bicyclic) bond motifs is 3. The van der Waals surface area contributed by atoms with E-state index in [1.807, 2.05) is 52.0 Å². The molecular formula is C22H31N5O3. The summed E-state index contributed by atoms with van der Waals surface area (Å²) in [7, 11) is 0. The Morgan fingerprint density at radius 1 is 1.10 bits per heavy atom. The van der Waals surface area contributed by atoms with Gasteiger partial charge in [0.15, 0.2) is 0 Å². The molecule has 0 fully saturated rings. The number of H-pyrrole nitrogens is 1. The van der Waals surface area contributed by atoms with Crippen molar-refractivity contribution in [3.8, 4) is 0 Å². The number of benzene rings is 1. The monoisotopic (exact) mass is 413 g/mol. The van der Waals surface area contributed by atoms with E-state index in [-0.39, 0.29) is 12.0 Å². The number of hydrogen-bond acceptors (Lipinski definition) is 3. The van der Waals surface area contributed by atoms with Crippen LogP contribution in [-0.4, -0.2) is 40.5 Å². The second-order valence-electron chi connectivity index (χ2n) is 8.74. The van der Waals surface area contributed by atoms with Gasteiger partial charge in [-0.25, -0.2) is 4.79 Å². The fraction of sp³-hybridized carbons (Fsp3) is 0.500. The van der Waals surface area contributed by atoms with Crippen molar-refractivity contribution < 1.29 is 14.4 Å². The molecule has 162 valence electrons. The maximum Gasteiger partial charge on any atom is 0.315 e. The van der Waals surface area contributed by atoms with Gasteiger partial charge in [-0.15, -0.1) is 0 Å². The molecule has 6 N–H and O–H groups in total. The minimum Gasteiger partial charge on any atom is -0.368 e. The van der Waals surface area contributed by atoms with Gasteiger partial charge in [0.25, 0.3) is 0 Å². The van der Waals surface area contributed by atoms with Crippen LogP contribution in [0.5, 0.6) is 0 Å². The lowest BCUT2D eigenvalue weighted by Crippen LogP contribution is -2.66. The first-order valence-corrected chi connectivity index (χ1v) is 10.4.